The number of hydrogen-bond donors (Lipinski definition) is 1. The second-order valence-corrected chi connectivity index (χ2v) is 7.58. The molecule has 0 bridgehead atoms. The lowest BCUT2D eigenvalue weighted by atomic mass is 9.66. The summed E-state index contributed by atoms with van der Waals surface area (Å²) in [6.45, 7) is 11.8. The molecule has 1 rings (SSSR count). The summed E-state index contributed by atoms with van der Waals surface area (Å²) >= 11 is 0. The highest BCUT2D eigenvalue weighted by Gasteiger charge is 2.33. The normalized spacial score (nSPS) is 26.3. The van der Waals surface area contributed by atoms with Gasteiger partial charge in [0, 0.05) is 6.42 Å². The molecule has 0 saturated heterocycles. The van der Waals surface area contributed by atoms with E-state index in [9.17, 15) is 0 Å². The molecular formula is C18H33N. The summed E-state index contributed by atoms with van der Waals surface area (Å²) in [5.74, 6) is 5.27. The number of rotatable bonds is 7. The Morgan fingerprint density at radius 3 is 2.68 bits per heavy atom. The molecule has 2 unspecified atom stereocenters. The van der Waals surface area contributed by atoms with E-state index in [0.717, 1.165) is 30.7 Å². The van der Waals surface area contributed by atoms with Crippen LogP contribution in [0.15, 0.2) is 0 Å². The van der Waals surface area contributed by atoms with E-state index < -0.39 is 0 Å². The third kappa shape index (κ3) is 6.48. The molecule has 2 atom stereocenters. The molecule has 1 heteroatoms. The first-order valence-electron chi connectivity index (χ1n) is 8.09. The van der Waals surface area contributed by atoms with Crippen LogP contribution in [0.3, 0.4) is 0 Å². The highest BCUT2D eigenvalue weighted by atomic mass is 14.9. The molecule has 0 heterocycles. The first kappa shape index (κ1) is 16.6. The molecule has 0 aromatic rings. The minimum atomic E-state index is 0.537. The second-order valence-electron chi connectivity index (χ2n) is 7.58. The summed E-state index contributed by atoms with van der Waals surface area (Å²) in [5.41, 5.74) is 0.537. The van der Waals surface area contributed by atoms with Crippen LogP contribution in [-0.2, 0) is 0 Å². The fourth-order valence-corrected chi connectivity index (χ4v) is 3.42. The van der Waals surface area contributed by atoms with Gasteiger partial charge in [0.25, 0.3) is 0 Å². The summed E-state index contributed by atoms with van der Waals surface area (Å²) in [7, 11) is 0. The molecular weight excluding hydrogens is 230 g/mol. The van der Waals surface area contributed by atoms with Gasteiger partial charge in [0.1, 0.15) is 0 Å². The van der Waals surface area contributed by atoms with Crippen molar-refractivity contribution >= 4 is 0 Å². The Morgan fingerprint density at radius 1 is 1.32 bits per heavy atom. The third-order valence-corrected chi connectivity index (χ3v) is 4.53. The minimum Gasteiger partial charge on any atom is -0.316 e. The van der Waals surface area contributed by atoms with Crippen LogP contribution in [0.1, 0.15) is 66.2 Å². The van der Waals surface area contributed by atoms with Crippen molar-refractivity contribution in [3.05, 3.63) is 0 Å². The van der Waals surface area contributed by atoms with Crippen molar-refractivity contribution in [1.82, 2.24) is 5.32 Å². The van der Waals surface area contributed by atoms with Crippen molar-refractivity contribution in [3.8, 4) is 12.3 Å². The van der Waals surface area contributed by atoms with Gasteiger partial charge in [-0.1, -0.05) is 27.7 Å². The van der Waals surface area contributed by atoms with Gasteiger partial charge in [-0.2, -0.15) is 0 Å². The maximum Gasteiger partial charge on any atom is 0.00861 e. The SMILES string of the molecule is C#CCCCC1CC(C)(C)CCC1CNCC(C)C. The van der Waals surface area contributed by atoms with Crippen molar-refractivity contribution < 1.29 is 0 Å². The van der Waals surface area contributed by atoms with Crippen LogP contribution >= 0.6 is 0 Å². The molecule has 0 amide bonds. The van der Waals surface area contributed by atoms with Gasteiger partial charge < -0.3 is 5.32 Å². The number of unbranched alkanes of at least 4 members (excludes halogenated alkanes) is 1. The van der Waals surface area contributed by atoms with Gasteiger partial charge in [0.2, 0.25) is 0 Å². The third-order valence-electron chi connectivity index (χ3n) is 4.53. The predicted molar refractivity (Wildman–Crippen MR) is 85.0 cm³/mol. The summed E-state index contributed by atoms with van der Waals surface area (Å²) < 4.78 is 0. The van der Waals surface area contributed by atoms with Crippen LogP contribution < -0.4 is 5.32 Å². The van der Waals surface area contributed by atoms with Crippen LogP contribution in [0.2, 0.25) is 0 Å². The standard InChI is InChI=1S/C18H33N/c1-6-7-8-9-16-12-18(4,5)11-10-17(16)14-19-13-15(2)3/h1,15-17,19H,7-14H2,2-5H3. The molecule has 110 valence electrons. The van der Waals surface area contributed by atoms with E-state index in [2.05, 4.69) is 38.9 Å². The van der Waals surface area contributed by atoms with E-state index in [4.69, 9.17) is 6.42 Å². The summed E-state index contributed by atoms with van der Waals surface area (Å²) in [6.07, 6.45) is 13.0. The van der Waals surface area contributed by atoms with Crippen LogP contribution in [0, 0.1) is 35.5 Å². The molecule has 0 radical (unpaired) electrons. The highest BCUT2D eigenvalue weighted by Crippen LogP contribution is 2.43. The van der Waals surface area contributed by atoms with Crippen molar-refractivity contribution in [2.75, 3.05) is 13.1 Å². The van der Waals surface area contributed by atoms with Gasteiger partial charge in [-0.15, -0.1) is 12.3 Å². The Morgan fingerprint density at radius 2 is 2.05 bits per heavy atom. The van der Waals surface area contributed by atoms with Gasteiger partial charge in [0.15, 0.2) is 0 Å². The maximum absolute atomic E-state index is 5.38. The Labute approximate surface area is 120 Å². The van der Waals surface area contributed by atoms with Crippen molar-refractivity contribution in [2.45, 2.75) is 66.2 Å². The van der Waals surface area contributed by atoms with E-state index in [1.54, 1.807) is 0 Å². The molecule has 1 N–H and O–H groups in total. The van der Waals surface area contributed by atoms with Crippen LogP contribution in [0.25, 0.3) is 0 Å². The molecule has 1 aliphatic rings. The lowest BCUT2D eigenvalue weighted by molar-refractivity contribution is 0.108. The van der Waals surface area contributed by atoms with Gasteiger partial charge in [-0.25, -0.2) is 0 Å². The molecule has 19 heavy (non-hydrogen) atoms. The summed E-state index contributed by atoms with van der Waals surface area (Å²) in [5, 5.41) is 3.66. The Hall–Kier alpha value is -0.480. The van der Waals surface area contributed by atoms with Crippen molar-refractivity contribution in [2.24, 2.45) is 23.2 Å². The van der Waals surface area contributed by atoms with Gasteiger partial charge >= 0.3 is 0 Å². The van der Waals surface area contributed by atoms with Crippen molar-refractivity contribution in [3.63, 3.8) is 0 Å². The fourth-order valence-electron chi connectivity index (χ4n) is 3.42. The lowest BCUT2D eigenvalue weighted by Crippen LogP contribution is -2.37. The molecule has 0 aliphatic heterocycles. The number of nitrogens with one attached hydrogen (secondary N) is 1. The smallest absolute Gasteiger partial charge is 0.00861 e. The average Bonchev–Trinajstić information content (AvgIpc) is 2.31. The van der Waals surface area contributed by atoms with Gasteiger partial charge in [0.05, 0.1) is 0 Å². The quantitative estimate of drug-likeness (QED) is 0.527. The second kappa shape index (κ2) is 7.95. The molecule has 1 saturated carbocycles. The maximum atomic E-state index is 5.38. The minimum absolute atomic E-state index is 0.537. The predicted octanol–water partition coefficient (Wildman–Crippen LogP) is 4.48. The molecule has 0 aromatic heterocycles. The largest absolute Gasteiger partial charge is 0.316 e. The first-order valence-corrected chi connectivity index (χ1v) is 8.09. The van der Waals surface area contributed by atoms with E-state index in [-0.39, 0.29) is 0 Å². The zero-order valence-corrected chi connectivity index (χ0v) is 13.5. The van der Waals surface area contributed by atoms with Crippen LogP contribution in [0.5, 0.6) is 0 Å². The molecule has 0 aromatic carbocycles. The fraction of sp³-hybridized carbons (Fsp3) is 0.889. The van der Waals surface area contributed by atoms with Gasteiger partial charge in [-0.3, -0.25) is 0 Å². The van der Waals surface area contributed by atoms with Gasteiger partial charge in [-0.05, 0) is 68.4 Å². The number of terminal acetylenes is 1. The number of hydrogen-bond acceptors (Lipinski definition) is 1. The molecule has 1 nitrogen and oxygen atoms in total. The average molecular weight is 263 g/mol. The summed E-state index contributed by atoms with van der Waals surface area (Å²) in [4.78, 5) is 0. The molecule has 1 aliphatic carbocycles. The topological polar surface area (TPSA) is 12.0 Å². The Kier molecular flexibility index (Phi) is 6.94. The zero-order valence-electron chi connectivity index (χ0n) is 13.5. The lowest BCUT2D eigenvalue weighted by Gasteiger charge is -2.41. The summed E-state index contributed by atoms with van der Waals surface area (Å²) in [6, 6.07) is 0. The molecule has 1 fully saturated rings. The van der Waals surface area contributed by atoms with E-state index in [1.165, 1.54) is 38.6 Å². The molecule has 0 spiro atoms. The van der Waals surface area contributed by atoms with Crippen LogP contribution in [0.4, 0.5) is 0 Å². The van der Waals surface area contributed by atoms with E-state index in [1.807, 2.05) is 0 Å². The van der Waals surface area contributed by atoms with Crippen LogP contribution in [-0.4, -0.2) is 13.1 Å². The highest BCUT2D eigenvalue weighted by molar-refractivity contribution is 4.88. The monoisotopic (exact) mass is 263 g/mol. The first-order chi connectivity index (χ1) is 8.94. The Bertz CT molecular complexity index is 285. The van der Waals surface area contributed by atoms with E-state index >= 15 is 0 Å². The zero-order chi connectivity index (χ0) is 14.3. The van der Waals surface area contributed by atoms with Crippen molar-refractivity contribution in [1.29, 1.82) is 0 Å². The van der Waals surface area contributed by atoms with E-state index in [0.29, 0.717) is 5.41 Å². The Balaban J connectivity index is 2.43.